The molecule has 0 spiro atoms. The molecule has 0 saturated carbocycles. The first-order valence-electron chi connectivity index (χ1n) is 13.2. The monoisotopic (exact) mass is 506 g/mol. The van der Waals surface area contributed by atoms with Crippen molar-refractivity contribution in [1.82, 2.24) is 4.90 Å². The van der Waals surface area contributed by atoms with Crippen molar-refractivity contribution >= 4 is 17.4 Å². The van der Waals surface area contributed by atoms with Gasteiger partial charge in [0.05, 0.1) is 32.4 Å². The number of morpholine rings is 1. The molecule has 2 unspecified atom stereocenters. The molecule has 37 heavy (non-hydrogen) atoms. The lowest BCUT2D eigenvalue weighted by molar-refractivity contribution is -0.908. The fraction of sp³-hybridized carbons (Fsp3) is 0.448. The van der Waals surface area contributed by atoms with Gasteiger partial charge in [-0.05, 0) is 54.8 Å². The number of quaternary nitrogens is 1. The van der Waals surface area contributed by atoms with Crippen LogP contribution in [0.5, 0.6) is 11.5 Å². The van der Waals surface area contributed by atoms with Gasteiger partial charge in [-0.2, -0.15) is 0 Å². The molecule has 2 aromatic rings. The van der Waals surface area contributed by atoms with Gasteiger partial charge in [0.15, 0.2) is 0 Å². The van der Waals surface area contributed by atoms with Crippen LogP contribution < -0.4 is 19.5 Å². The largest absolute Gasteiger partial charge is 0.872 e. The summed E-state index contributed by atoms with van der Waals surface area (Å²) in [6, 6.07) is 11.8. The summed E-state index contributed by atoms with van der Waals surface area (Å²) in [4.78, 5) is 29.6. The molecule has 0 radical (unpaired) electrons. The van der Waals surface area contributed by atoms with E-state index in [2.05, 4.69) is 0 Å². The van der Waals surface area contributed by atoms with Crippen LogP contribution in [-0.2, 0) is 20.7 Å². The fourth-order valence-electron chi connectivity index (χ4n) is 5.52. The molecule has 2 saturated heterocycles. The molecule has 196 valence electrons. The third-order valence-corrected chi connectivity index (χ3v) is 7.30. The zero-order chi connectivity index (χ0) is 25.9. The first-order chi connectivity index (χ1) is 18.0. The first kappa shape index (κ1) is 25.3. The lowest BCUT2D eigenvalue weighted by Crippen LogP contribution is -3.14. The predicted molar refractivity (Wildman–Crippen MR) is 135 cm³/mol. The number of rotatable bonds is 8. The van der Waals surface area contributed by atoms with Crippen LogP contribution in [0.25, 0.3) is 5.76 Å². The average molecular weight is 507 g/mol. The van der Waals surface area contributed by atoms with Gasteiger partial charge in [-0.15, -0.1) is 0 Å². The summed E-state index contributed by atoms with van der Waals surface area (Å²) in [6.45, 7) is 8.97. The minimum atomic E-state index is -0.754. The van der Waals surface area contributed by atoms with Crippen molar-refractivity contribution in [3.8, 4) is 11.5 Å². The number of benzene rings is 2. The van der Waals surface area contributed by atoms with Gasteiger partial charge in [0.1, 0.15) is 30.7 Å². The predicted octanol–water partition coefficient (Wildman–Crippen LogP) is 0.938. The third kappa shape index (κ3) is 5.22. The van der Waals surface area contributed by atoms with E-state index >= 15 is 0 Å². The maximum atomic E-state index is 13.8. The van der Waals surface area contributed by atoms with Gasteiger partial charge < -0.3 is 29.1 Å². The van der Waals surface area contributed by atoms with E-state index in [9.17, 15) is 14.7 Å². The maximum absolute atomic E-state index is 13.8. The number of nitrogens with one attached hydrogen (secondary N) is 1. The Morgan fingerprint density at radius 3 is 2.76 bits per heavy atom. The minimum absolute atomic E-state index is 0.00396. The highest BCUT2D eigenvalue weighted by atomic mass is 16.5. The van der Waals surface area contributed by atoms with E-state index < -0.39 is 23.5 Å². The number of ether oxygens (including phenoxy) is 3. The summed E-state index contributed by atoms with van der Waals surface area (Å²) >= 11 is 0. The number of hydrogen-bond donors (Lipinski definition) is 1. The number of ketones is 1. The number of hydrogen-bond acceptors (Lipinski definition) is 6. The number of Topliss-reactive ketones (excluding diaryl/α,β-unsaturated/α-hetero) is 1. The Morgan fingerprint density at radius 1 is 1.16 bits per heavy atom. The molecular formula is C29H34N2O6. The smallest absolute Gasteiger partial charge is 0.295 e. The van der Waals surface area contributed by atoms with Crippen molar-refractivity contribution in [2.75, 3.05) is 46.0 Å². The van der Waals surface area contributed by atoms with E-state index in [0.717, 1.165) is 50.6 Å². The molecule has 1 amide bonds. The summed E-state index contributed by atoms with van der Waals surface area (Å²) in [5.41, 5.74) is 2.05. The van der Waals surface area contributed by atoms with Crippen LogP contribution in [0.1, 0.15) is 43.0 Å². The van der Waals surface area contributed by atoms with E-state index in [0.29, 0.717) is 36.4 Å². The van der Waals surface area contributed by atoms with Gasteiger partial charge in [-0.3, -0.25) is 9.59 Å². The van der Waals surface area contributed by atoms with Crippen molar-refractivity contribution in [1.29, 1.82) is 0 Å². The van der Waals surface area contributed by atoms with E-state index in [1.165, 1.54) is 4.90 Å². The second-order valence-corrected chi connectivity index (χ2v) is 9.90. The second-order valence-electron chi connectivity index (χ2n) is 9.90. The van der Waals surface area contributed by atoms with E-state index in [1.807, 2.05) is 38.1 Å². The highest BCUT2D eigenvalue weighted by Gasteiger charge is 2.44. The van der Waals surface area contributed by atoms with Crippen molar-refractivity contribution in [3.63, 3.8) is 0 Å². The normalized spacial score (nSPS) is 23.2. The molecule has 2 atom stereocenters. The lowest BCUT2D eigenvalue weighted by Gasteiger charge is -2.29. The van der Waals surface area contributed by atoms with Gasteiger partial charge in [0, 0.05) is 25.0 Å². The summed E-state index contributed by atoms with van der Waals surface area (Å²) < 4.78 is 16.9. The topological polar surface area (TPSA) is 92.6 Å². The van der Waals surface area contributed by atoms with Crippen molar-refractivity contribution in [2.45, 2.75) is 38.8 Å². The van der Waals surface area contributed by atoms with Crippen molar-refractivity contribution in [3.05, 3.63) is 64.7 Å². The van der Waals surface area contributed by atoms with Crippen LogP contribution in [0.2, 0.25) is 0 Å². The third-order valence-electron chi connectivity index (χ3n) is 7.30. The van der Waals surface area contributed by atoms with Gasteiger partial charge >= 0.3 is 0 Å². The molecule has 8 nitrogen and oxygen atoms in total. The van der Waals surface area contributed by atoms with Crippen LogP contribution in [0, 0.1) is 0 Å². The molecule has 3 aliphatic rings. The molecule has 8 heteroatoms. The fourth-order valence-corrected chi connectivity index (χ4v) is 5.52. The van der Waals surface area contributed by atoms with Gasteiger partial charge in [0.25, 0.3) is 5.91 Å². The Balaban J connectivity index is 1.49. The maximum Gasteiger partial charge on any atom is 0.295 e. The van der Waals surface area contributed by atoms with Gasteiger partial charge in [-0.1, -0.05) is 24.0 Å². The lowest BCUT2D eigenvalue weighted by atomic mass is 9.94. The van der Waals surface area contributed by atoms with Gasteiger partial charge in [-0.25, -0.2) is 0 Å². The summed E-state index contributed by atoms with van der Waals surface area (Å²) in [6.07, 6.45) is 1.47. The average Bonchev–Trinajstić information content (AvgIpc) is 3.40. The van der Waals surface area contributed by atoms with Crippen LogP contribution in [0.15, 0.2) is 48.0 Å². The molecule has 0 aliphatic carbocycles. The number of carbonyl (C=O) groups excluding carboxylic acids is 2. The Hall–Kier alpha value is -3.36. The van der Waals surface area contributed by atoms with E-state index in [-0.39, 0.29) is 11.7 Å². The molecule has 3 heterocycles. The number of fused-ring (bicyclic) bond motifs is 1. The first-order valence-corrected chi connectivity index (χ1v) is 13.2. The zero-order valence-electron chi connectivity index (χ0n) is 21.5. The summed E-state index contributed by atoms with van der Waals surface area (Å²) in [5, 5.41) is 13.8. The molecule has 2 aromatic carbocycles. The molecule has 0 bridgehead atoms. The molecule has 5 rings (SSSR count). The van der Waals surface area contributed by atoms with Crippen LogP contribution in [-0.4, -0.2) is 68.7 Å². The molecular weight excluding hydrogens is 472 g/mol. The number of likely N-dealkylation sites (tertiary alicyclic amines) is 1. The van der Waals surface area contributed by atoms with Crippen molar-refractivity contribution in [2.24, 2.45) is 0 Å². The van der Waals surface area contributed by atoms with Crippen LogP contribution in [0.4, 0.5) is 0 Å². The minimum Gasteiger partial charge on any atom is -0.872 e. The van der Waals surface area contributed by atoms with E-state index in [1.54, 1.807) is 23.1 Å². The number of amides is 1. The standard InChI is InChI=1S/C29H34N2O6/c1-3-36-23-7-4-6-20(18-23)26-25(27(32)21-8-9-24-22(17-21)16-19(2)37-24)28(33)29(34)31(26)11-5-10-30-12-14-35-15-13-30/h4,6-9,17-19,26,32H,3,5,10-16H2,1-2H3. The molecule has 1 N–H and O–H groups in total. The molecule has 2 fully saturated rings. The Morgan fingerprint density at radius 2 is 1.97 bits per heavy atom. The SMILES string of the molecule is CCOc1cccc(C2C(=C([O-])c3ccc4c(c3)CC(C)O4)C(=O)C(=O)N2CCC[NH+]2CCOCC2)c1. The Labute approximate surface area is 217 Å². The second kappa shape index (κ2) is 10.9. The number of carbonyl (C=O) groups is 2. The number of nitrogens with zero attached hydrogens (tertiary/aromatic N) is 1. The summed E-state index contributed by atoms with van der Waals surface area (Å²) in [5.74, 6) is -0.351. The Bertz CT molecular complexity index is 1200. The molecule has 0 aromatic heterocycles. The quantitative estimate of drug-likeness (QED) is 0.326. The highest BCUT2D eigenvalue weighted by molar-refractivity contribution is 6.46. The zero-order valence-corrected chi connectivity index (χ0v) is 21.5. The Kier molecular flexibility index (Phi) is 7.48. The molecule has 3 aliphatic heterocycles. The highest BCUT2D eigenvalue weighted by Crippen LogP contribution is 2.40. The van der Waals surface area contributed by atoms with Crippen molar-refractivity contribution < 1.29 is 33.8 Å². The van der Waals surface area contributed by atoms with Gasteiger partial charge in [0.2, 0.25) is 5.78 Å². The van der Waals surface area contributed by atoms with Crippen LogP contribution >= 0.6 is 0 Å². The van der Waals surface area contributed by atoms with E-state index in [4.69, 9.17) is 14.2 Å². The van der Waals surface area contributed by atoms with Crippen LogP contribution in [0.3, 0.4) is 0 Å². The summed E-state index contributed by atoms with van der Waals surface area (Å²) in [7, 11) is 0.